The number of morpholine rings is 1. The van der Waals surface area contributed by atoms with Gasteiger partial charge in [0, 0.05) is 26.2 Å². The minimum Gasteiger partial charge on any atom is -0.378 e. The van der Waals surface area contributed by atoms with Crippen LogP contribution in [0.5, 0.6) is 0 Å². The van der Waals surface area contributed by atoms with Gasteiger partial charge >= 0.3 is 6.03 Å². The lowest BCUT2D eigenvalue weighted by atomic mass is 10.4. The van der Waals surface area contributed by atoms with Crippen molar-refractivity contribution >= 4 is 6.03 Å². The summed E-state index contributed by atoms with van der Waals surface area (Å²) in [7, 11) is 0. The maximum atomic E-state index is 11.6. The average molecular weight is 215 g/mol. The average Bonchev–Trinajstić information content (AvgIpc) is 2.30. The number of hydrogen-bond donors (Lipinski definition) is 2. The van der Waals surface area contributed by atoms with E-state index in [1.54, 1.807) is 4.90 Å². The third-order valence-electron chi connectivity index (χ3n) is 2.30. The predicted molar refractivity (Wildman–Crippen MR) is 59.0 cm³/mol. The first-order valence-electron chi connectivity index (χ1n) is 5.66. The normalized spacial score (nSPS) is 16.5. The third-order valence-corrected chi connectivity index (χ3v) is 2.30. The highest BCUT2D eigenvalue weighted by Gasteiger charge is 2.15. The number of nitrogens with one attached hydrogen (secondary N) is 2. The number of nitrogens with zero attached hydrogens (tertiary/aromatic N) is 1. The molecule has 5 nitrogen and oxygen atoms in total. The van der Waals surface area contributed by atoms with E-state index in [-0.39, 0.29) is 6.03 Å². The van der Waals surface area contributed by atoms with Gasteiger partial charge in [0.2, 0.25) is 0 Å². The van der Waals surface area contributed by atoms with E-state index in [4.69, 9.17) is 4.74 Å². The highest BCUT2D eigenvalue weighted by molar-refractivity contribution is 5.74. The summed E-state index contributed by atoms with van der Waals surface area (Å²) >= 11 is 0. The van der Waals surface area contributed by atoms with Crippen LogP contribution >= 0.6 is 0 Å². The first-order chi connectivity index (χ1) is 7.34. The van der Waals surface area contributed by atoms with Gasteiger partial charge in [0.15, 0.2) is 0 Å². The van der Waals surface area contributed by atoms with Gasteiger partial charge < -0.3 is 20.3 Å². The summed E-state index contributed by atoms with van der Waals surface area (Å²) in [6.07, 6.45) is 1.12. The Hall–Kier alpha value is -0.810. The molecule has 0 aromatic rings. The number of carbonyl (C=O) groups excluding carboxylic acids is 1. The van der Waals surface area contributed by atoms with Crippen molar-refractivity contribution in [3.8, 4) is 0 Å². The Bertz CT molecular complexity index is 182. The molecule has 5 heteroatoms. The van der Waals surface area contributed by atoms with Gasteiger partial charge in [-0.25, -0.2) is 4.79 Å². The predicted octanol–water partition coefficient (Wildman–Crippen LogP) is 0.0278. The van der Waals surface area contributed by atoms with Crippen LogP contribution in [0.3, 0.4) is 0 Å². The number of urea groups is 1. The van der Waals surface area contributed by atoms with Gasteiger partial charge in [0.1, 0.15) is 0 Å². The molecule has 0 aromatic heterocycles. The molecule has 0 aliphatic carbocycles. The number of hydrogen-bond acceptors (Lipinski definition) is 3. The quantitative estimate of drug-likeness (QED) is 0.636. The lowest BCUT2D eigenvalue weighted by molar-refractivity contribution is 0.0533. The Morgan fingerprint density at radius 1 is 1.27 bits per heavy atom. The molecule has 1 aliphatic rings. The van der Waals surface area contributed by atoms with Gasteiger partial charge in [-0.15, -0.1) is 0 Å². The van der Waals surface area contributed by atoms with E-state index in [2.05, 4.69) is 17.6 Å². The number of ether oxygens (including phenoxy) is 1. The van der Waals surface area contributed by atoms with Crippen molar-refractivity contribution in [3.63, 3.8) is 0 Å². The van der Waals surface area contributed by atoms with E-state index in [9.17, 15) is 4.79 Å². The van der Waals surface area contributed by atoms with E-state index in [0.717, 1.165) is 19.5 Å². The zero-order chi connectivity index (χ0) is 10.9. The SMILES string of the molecule is CCCNCCNC(=O)N1CCOCC1. The summed E-state index contributed by atoms with van der Waals surface area (Å²) < 4.78 is 5.17. The van der Waals surface area contributed by atoms with Crippen LogP contribution < -0.4 is 10.6 Å². The van der Waals surface area contributed by atoms with Gasteiger partial charge in [-0.3, -0.25) is 0 Å². The molecule has 1 aliphatic heterocycles. The minimum absolute atomic E-state index is 0.0246. The largest absolute Gasteiger partial charge is 0.378 e. The summed E-state index contributed by atoms with van der Waals surface area (Å²) in [5.74, 6) is 0. The monoisotopic (exact) mass is 215 g/mol. The van der Waals surface area contributed by atoms with Crippen LogP contribution in [0, 0.1) is 0 Å². The molecule has 2 amide bonds. The van der Waals surface area contributed by atoms with Crippen LogP contribution in [0.25, 0.3) is 0 Å². The fourth-order valence-corrected chi connectivity index (χ4v) is 1.44. The van der Waals surface area contributed by atoms with E-state index in [1.165, 1.54) is 0 Å². The summed E-state index contributed by atoms with van der Waals surface area (Å²) in [4.78, 5) is 13.4. The summed E-state index contributed by atoms with van der Waals surface area (Å²) in [6, 6.07) is 0.0246. The third kappa shape index (κ3) is 4.99. The molecule has 0 radical (unpaired) electrons. The Balaban J connectivity index is 2.02. The second kappa shape index (κ2) is 7.48. The molecule has 0 spiro atoms. The molecule has 0 saturated carbocycles. The molecule has 0 aromatic carbocycles. The van der Waals surface area contributed by atoms with E-state index >= 15 is 0 Å². The van der Waals surface area contributed by atoms with Crippen molar-refractivity contribution in [3.05, 3.63) is 0 Å². The second-order valence-electron chi connectivity index (χ2n) is 3.58. The topological polar surface area (TPSA) is 53.6 Å². The first-order valence-corrected chi connectivity index (χ1v) is 5.66. The molecule has 2 N–H and O–H groups in total. The smallest absolute Gasteiger partial charge is 0.317 e. The molecular formula is C10H21N3O2. The van der Waals surface area contributed by atoms with Crippen LogP contribution in [0.2, 0.25) is 0 Å². The molecule has 88 valence electrons. The number of amides is 2. The van der Waals surface area contributed by atoms with Crippen LogP contribution in [-0.2, 0) is 4.74 Å². The van der Waals surface area contributed by atoms with Gasteiger partial charge in [-0.05, 0) is 13.0 Å². The van der Waals surface area contributed by atoms with Crippen molar-refractivity contribution in [2.75, 3.05) is 45.9 Å². The summed E-state index contributed by atoms with van der Waals surface area (Å²) in [5, 5.41) is 6.12. The van der Waals surface area contributed by atoms with Crippen LogP contribution in [0.15, 0.2) is 0 Å². The Labute approximate surface area is 91.2 Å². The highest BCUT2D eigenvalue weighted by atomic mass is 16.5. The molecule has 1 rings (SSSR count). The van der Waals surface area contributed by atoms with E-state index in [1.807, 2.05) is 0 Å². The van der Waals surface area contributed by atoms with Crippen molar-refractivity contribution in [2.45, 2.75) is 13.3 Å². The number of rotatable bonds is 5. The van der Waals surface area contributed by atoms with Gasteiger partial charge in [-0.2, -0.15) is 0 Å². The molecule has 1 heterocycles. The zero-order valence-corrected chi connectivity index (χ0v) is 9.42. The first kappa shape index (κ1) is 12.3. The molecule has 0 atom stereocenters. The van der Waals surface area contributed by atoms with E-state index < -0.39 is 0 Å². The van der Waals surface area contributed by atoms with Gasteiger partial charge in [0.05, 0.1) is 13.2 Å². The van der Waals surface area contributed by atoms with E-state index in [0.29, 0.717) is 32.8 Å². The van der Waals surface area contributed by atoms with Crippen LogP contribution in [-0.4, -0.2) is 56.9 Å². The highest BCUT2D eigenvalue weighted by Crippen LogP contribution is 1.96. The maximum absolute atomic E-state index is 11.6. The Morgan fingerprint density at radius 2 is 2.00 bits per heavy atom. The fraction of sp³-hybridized carbons (Fsp3) is 0.900. The molecule has 1 fully saturated rings. The summed E-state index contributed by atoms with van der Waals surface area (Å²) in [6.45, 7) is 7.37. The molecule has 0 unspecified atom stereocenters. The van der Waals surface area contributed by atoms with Crippen LogP contribution in [0.4, 0.5) is 4.79 Å². The van der Waals surface area contributed by atoms with Crippen molar-refractivity contribution in [1.82, 2.24) is 15.5 Å². The lowest BCUT2D eigenvalue weighted by Crippen LogP contribution is -2.47. The lowest BCUT2D eigenvalue weighted by Gasteiger charge is -2.26. The molecule has 0 bridgehead atoms. The maximum Gasteiger partial charge on any atom is 0.317 e. The fourth-order valence-electron chi connectivity index (χ4n) is 1.44. The second-order valence-corrected chi connectivity index (χ2v) is 3.58. The Morgan fingerprint density at radius 3 is 2.67 bits per heavy atom. The zero-order valence-electron chi connectivity index (χ0n) is 9.42. The molecule has 1 saturated heterocycles. The van der Waals surface area contributed by atoms with Gasteiger partial charge in [0.25, 0.3) is 0 Å². The number of carbonyl (C=O) groups is 1. The molecule has 15 heavy (non-hydrogen) atoms. The van der Waals surface area contributed by atoms with Crippen molar-refractivity contribution in [2.24, 2.45) is 0 Å². The van der Waals surface area contributed by atoms with Crippen LogP contribution in [0.1, 0.15) is 13.3 Å². The molecular weight excluding hydrogens is 194 g/mol. The standard InChI is InChI=1S/C10H21N3O2/c1-2-3-11-4-5-12-10(14)13-6-8-15-9-7-13/h11H,2-9H2,1H3,(H,12,14). The van der Waals surface area contributed by atoms with Crippen molar-refractivity contribution < 1.29 is 9.53 Å². The minimum atomic E-state index is 0.0246. The Kier molecular flexibility index (Phi) is 6.11. The van der Waals surface area contributed by atoms with Crippen molar-refractivity contribution in [1.29, 1.82) is 0 Å². The van der Waals surface area contributed by atoms with Gasteiger partial charge in [-0.1, -0.05) is 6.92 Å². The summed E-state index contributed by atoms with van der Waals surface area (Å²) in [5.41, 5.74) is 0.